The lowest BCUT2D eigenvalue weighted by Gasteiger charge is -2.18. The number of aromatic nitrogens is 1. The summed E-state index contributed by atoms with van der Waals surface area (Å²) in [6, 6.07) is 10.2. The number of likely N-dealkylation sites (tertiary alicyclic amines) is 1. The maximum absolute atomic E-state index is 13.0. The third-order valence-corrected chi connectivity index (χ3v) is 5.34. The van der Waals surface area contributed by atoms with Crippen LogP contribution in [0.4, 0.5) is 0 Å². The Morgan fingerprint density at radius 1 is 1.10 bits per heavy atom. The molecule has 1 aromatic heterocycles. The summed E-state index contributed by atoms with van der Waals surface area (Å²) in [7, 11) is 0. The Labute approximate surface area is 183 Å². The predicted molar refractivity (Wildman–Crippen MR) is 121 cm³/mol. The minimum absolute atomic E-state index is 0.00674. The summed E-state index contributed by atoms with van der Waals surface area (Å²) in [5.41, 5.74) is 0.737. The van der Waals surface area contributed by atoms with Crippen LogP contribution in [0, 0.1) is 5.92 Å². The summed E-state index contributed by atoms with van der Waals surface area (Å²) < 4.78 is 1.77. The molecule has 1 aliphatic heterocycles. The highest BCUT2D eigenvalue weighted by atomic mass is 16.2. The van der Waals surface area contributed by atoms with Crippen LogP contribution in [0.2, 0.25) is 0 Å². The largest absolute Gasteiger partial charge is 0.352 e. The summed E-state index contributed by atoms with van der Waals surface area (Å²) in [5, 5.41) is 5.67. The third kappa shape index (κ3) is 6.04. The Kier molecular flexibility index (Phi) is 7.63. The van der Waals surface area contributed by atoms with Gasteiger partial charge in [-0.1, -0.05) is 44.2 Å². The number of pyridine rings is 1. The molecule has 0 radical (unpaired) electrons. The van der Waals surface area contributed by atoms with E-state index in [4.69, 9.17) is 0 Å². The van der Waals surface area contributed by atoms with Gasteiger partial charge in [0, 0.05) is 51.2 Å². The van der Waals surface area contributed by atoms with Crippen LogP contribution in [0.1, 0.15) is 53.5 Å². The van der Waals surface area contributed by atoms with Crippen LogP contribution in [0.3, 0.4) is 0 Å². The highest BCUT2D eigenvalue weighted by Gasteiger charge is 2.26. The van der Waals surface area contributed by atoms with Crippen molar-refractivity contribution in [2.75, 3.05) is 19.6 Å². The van der Waals surface area contributed by atoms with E-state index in [0.29, 0.717) is 19.0 Å². The second-order valence-electron chi connectivity index (χ2n) is 8.54. The molecule has 0 unspecified atom stereocenters. The molecule has 0 aliphatic carbocycles. The van der Waals surface area contributed by atoms with Crippen LogP contribution in [-0.4, -0.2) is 47.0 Å². The highest BCUT2D eigenvalue weighted by molar-refractivity contribution is 5.99. The Balaban J connectivity index is 1.73. The molecular formula is C24H32N4O3. The van der Waals surface area contributed by atoms with Gasteiger partial charge in [-0.2, -0.15) is 0 Å². The smallest absolute Gasteiger partial charge is 0.257 e. The number of nitrogens with one attached hydrogen (secondary N) is 2. The molecule has 31 heavy (non-hydrogen) atoms. The summed E-state index contributed by atoms with van der Waals surface area (Å²) in [4.78, 5) is 40.6. The standard InChI is InChI=1S/C24H32N4O3/c1-4-25-23(30)20-15-28(12-17(2)3)16-21(22(20)29)24(31)26-19-10-11-27(14-19)13-18-8-6-5-7-9-18/h5-9,15-17,19H,4,10-14H2,1-3H3,(H,25,30)(H,26,31)/t19-/m1/s1. The minimum Gasteiger partial charge on any atom is -0.352 e. The Morgan fingerprint density at radius 3 is 2.42 bits per heavy atom. The van der Waals surface area contributed by atoms with Crippen LogP contribution in [0.15, 0.2) is 47.5 Å². The van der Waals surface area contributed by atoms with Crippen molar-refractivity contribution in [2.24, 2.45) is 5.92 Å². The Bertz CT molecular complexity index is 969. The van der Waals surface area contributed by atoms with Crippen molar-refractivity contribution < 1.29 is 9.59 Å². The van der Waals surface area contributed by atoms with Crippen LogP contribution >= 0.6 is 0 Å². The van der Waals surface area contributed by atoms with Crippen molar-refractivity contribution in [2.45, 2.75) is 46.3 Å². The second-order valence-corrected chi connectivity index (χ2v) is 8.54. The maximum Gasteiger partial charge on any atom is 0.257 e. The first kappa shape index (κ1) is 22.7. The first-order valence-corrected chi connectivity index (χ1v) is 11.0. The van der Waals surface area contributed by atoms with Gasteiger partial charge in [-0.25, -0.2) is 0 Å². The SMILES string of the molecule is CCNC(=O)c1cn(CC(C)C)cc(C(=O)N[C@@H]2CCN(Cc3ccccc3)C2)c1=O. The molecule has 7 nitrogen and oxygen atoms in total. The number of nitrogens with zero attached hydrogens (tertiary/aromatic N) is 2. The molecule has 2 aromatic rings. The zero-order chi connectivity index (χ0) is 22.4. The second kappa shape index (κ2) is 10.4. The van der Waals surface area contributed by atoms with Crippen LogP contribution in [0.5, 0.6) is 0 Å². The van der Waals surface area contributed by atoms with Crippen LogP contribution in [-0.2, 0) is 13.1 Å². The average molecular weight is 425 g/mol. The van der Waals surface area contributed by atoms with Crippen molar-refractivity contribution in [3.8, 4) is 0 Å². The van der Waals surface area contributed by atoms with Crippen molar-refractivity contribution in [3.63, 3.8) is 0 Å². The molecule has 166 valence electrons. The van der Waals surface area contributed by atoms with E-state index in [1.807, 2.05) is 32.0 Å². The summed E-state index contributed by atoms with van der Waals surface area (Å²) in [6.45, 7) is 9.36. The van der Waals surface area contributed by atoms with E-state index in [1.54, 1.807) is 23.9 Å². The number of hydrogen-bond acceptors (Lipinski definition) is 4. The fourth-order valence-corrected chi connectivity index (χ4v) is 3.94. The predicted octanol–water partition coefficient (Wildman–Crippen LogP) is 2.26. The molecule has 2 heterocycles. The van der Waals surface area contributed by atoms with Gasteiger partial charge in [0.1, 0.15) is 11.1 Å². The Morgan fingerprint density at radius 2 is 1.77 bits per heavy atom. The summed E-state index contributed by atoms with van der Waals surface area (Å²) in [6.07, 6.45) is 3.94. The molecule has 1 fully saturated rings. The van der Waals surface area contributed by atoms with Crippen molar-refractivity contribution in [1.29, 1.82) is 0 Å². The number of hydrogen-bond donors (Lipinski definition) is 2. The molecule has 2 amide bonds. The number of amides is 2. The molecule has 7 heteroatoms. The van der Waals surface area contributed by atoms with E-state index in [9.17, 15) is 14.4 Å². The summed E-state index contributed by atoms with van der Waals surface area (Å²) >= 11 is 0. The third-order valence-electron chi connectivity index (χ3n) is 5.34. The van der Waals surface area contributed by atoms with Crippen molar-refractivity contribution >= 4 is 11.8 Å². The van der Waals surface area contributed by atoms with Crippen LogP contribution in [0.25, 0.3) is 0 Å². The zero-order valence-corrected chi connectivity index (χ0v) is 18.6. The molecule has 3 rings (SSSR count). The maximum atomic E-state index is 13.0. The monoisotopic (exact) mass is 424 g/mol. The van der Waals surface area contributed by atoms with E-state index in [1.165, 1.54) is 5.56 Å². The molecule has 0 bridgehead atoms. The van der Waals surface area contributed by atoms with E-state index in [-0.39, 0.29) is 17.2 Å². The topological polar surface area (TPSA) is 83.4 Å². The van der Waals surface area contributed by atoms with Gasteiger partial charge in [0.25, 0.3) is 11.8 Å². The molecular weight excluding hydrogens is 392 g/mol. The number of carbonyl (C=O) groups is 2. The molecule has 1 atom stereocenters. The van der Waals surface area contributed by atoms with E-state index < -0.39 is 17.2 Å². The van der Waals surface area contributed by atoms with Crippen LogP contribution < -0.4 is 16.1 Å². The van der Waals surface area contributed by atoms with Gasteiger partial charge in [0.15, 0.2) is 0 Å². The quantitative estimate of drug-likeness (QED) is 0.681. The summed E-state index contributed by atoms with van der Waals surface area (Å²) in [5.74, 6) is -0.559. The van der Waals surface area contributed by atoms with Gasteiger partial charge < -0.3 is 15.2 Å². The van der Waals surface area contributed by atoms with Gasteiger partial charge in [-0.3, -0.25) is 19.3 Å². The minimum atomic E-state index is -0.525. The lowest BCUT2D eigenvalue weighted by Crippen LogP contribution is -2.41. The van der Waals surface area contributed by atoms with Gasteiger partial charge >= 0.3 is 0 Å². The number of carbonyl (C=O) groups excluding carboxylic acids is 2. The molecule has 1 aliphatic rings. The molecule has 1 aromatic carbocycles. The van der Waals surface area contributed by atoms with Crippen molar-refractivity contribution in [3.05, 3.63) is 69.6 Å². The molecule has 1 saturated heterocycles. The normalized spacial score (nSPS) is 16.5. The van der Waals surface area contributed by atoms with Gasteiger partial charge in [-0.15, -0.1) is 0 Å². The fourth-order valence-electron chi connectivity index (χ4n) is 3.94. The van der Waals surface area contributed by atoms with E-state index in [2.05, 4.69) is 27.7 Å². The van der Waals surface area contributed by atoms with E-state index in [0.717, 1.165) is 26.1 Å². The zero-order valence-electron chi connectivity index (χ0n) is 18.6. The van der Waals surface area contributed by atoms with Crippen molar-refractivity contribution in [1.82, 2.24) is 20.1 Å². The van der Waals surface area contributed by atoms with E-state index >= 15 is 0 Å². The molecule has 2 N–H and O–H groups in total. The highest BCUT2D eigenvalue weighted by Crippen LogP contribution is 2.14. The lowest BCUT2D eigenvalue weighted by molar-refractivity contribution is 0.0935. The molecule has 0 saturated carbocycles. The lowest BCUT2D eigenvalue weighted by atomic mass is 10.1. The van der Waals surface area contributed by atoms with Gasteiger partial charge in [0.2, 0.25) is 5.43 Å². The van der Waals surface area contributed by atoms with Gasteiger partial charge in [-0.05, 0) is 24.8 Å². The first-order chi connectivity index (χ1) is 14.9. The fraction of sp³-hybridized carbons (Fsp3) is 0.458. The van der Waals surface area contributed by atoms with Gasteiger partial charge in [0.05, 0.1) is 0 Å². The average Bonchev–Trinajstić information content (AvgIpc) is 3.16. The Hall–Kier alpha value is -2.93. The molecule has 0 spiro atoms. The first-order valence-electron chi connectivity index (χ1n) is 11.0. The number of benzene rings is 1. The number of rotatable bonds is 8.